The van der Waals surface area contributed by atoms with Crippen molar-refractivity contribution in [2.75, 3.05) is 13.1 Å². The molecule has 8 heteroatoms. The molecule has 0 spiro atoms. The fourth-order valence-corrected chi connectivity index (χ4v) is 4.80. The molecule has 0 aliphatic carbocycles. The number of carbonyl (C=O) groups excluding carboxylic acids is 1. The molecule has 30 heavy (non-hydrogen) atoms. The van der Waals surface area contributed by atoms with E-state index in [-0.39, 0.29) is 17.5 Å². The van der Waals surface area contributed by atoms with Crippen molar-refractivity contribution < 1.29 is 18.3 Å². The van der Waals surface area contributed by atoms with E-state index in [9.17, 15) is 13.6 Å². The number of nitrogens with zero attached hydrogens (tertiary/aromatic N) is 3. The van der Waals surface area contributed by atoms with Gasteiger partial charge in [-0.2, -0.15) is 4.98 Å². The molecule has 154 valence electrons. The Morgan fingerprint density at radius 1 is 1.17 bits per heavy atom. The van der Waals surface area contributed by atoms with Crippen molar-refractivity contribution in [2.45, 2.75) is 25.5 Å². The predicted molar refractivity (Wildman–Crippen MR) is 112 cm³/mol. The fourth-order valence-electron chi connectivity index (χ4n) is 3.88. The van der Waals surface area contributed by atoms with Crippen molar-refractivity contribution in [3.63, 3.8) is 0 Å². The number of halogens is 2. The van der Waals surface area contributed by atoms with Gasteiger partial charge in [-0.25, -0.2) is 8.78 Å². The monoisotopic (exact) mass is 427 g/mol. The van der Waals surface area contributed by atoms with Gasteiger partial charge in [-0.15, -0.1) is 0 Å². The Balaban J connectivity index is 1.20. The Bertz CT molecular complexity index is 1230. The molecule has 1 amide bonds. The van der Waals surface area contributed by atoms with Crippen LogP contribution in [0.1, 0.15) is 12.8 Å². The molecule has 1 aliphatic heterocycles. The van der Waals surface area contributed by atoms with Gasteiger partial charge < -0.3 is 14.2 Å². The summed E-state index contributed by atoms with van der Waals surface area (Å²) < 4.78 is 35.5. The number of piperidine rings is 1. The van der Waals surface area contributed by atoms with E-state index >= 15 is 0 Å². The number of thiazole rings is 1. The van der Waals surface area contributed by atoms with Crippen LogP contribution in [0.3, 0.4) is 0 Å². The summed E-state index contributed by atoms with van der Waals surface area (Å²) in [6.07, 6.45) is 3.18. The minimum absolute atomic E-state index is 0.0762. The molecule has 0 unspecified atom stereocenters. The Hall–Kier alpha value is -3.00. The highest BCUT2D eigenvalue weighted by Gasteiger charge is 2.25. The van der Waals surface area contributed by atoms with Crippen LogP contribution in [-0.4, -0.2) is 39.6 Å². The molecule has 5 rings (SSSR count). The topological polar surface area (TPSA) is 47.4 Å². The van der Waals surface area contributed by atoms with Crippen LogP contribution in [0, 0.1) is 11.6 Å². The quantitative estimate of drug-likeness (QED) is 0.478. The Labute approximate surface area is 175 Å². The summed E-state index contributed by atoms with van der Waals surface area (Å²) in [5.74, 6) is -1.24. The fraction of sp³-hybridized carbons (Fsp3) is 0.273. The van der Waals surface area contributed by atoms with Crippen molar-refractivity contribution in [3.05, 3.63) is 60.3 Å². The number of benzene rings is 2. The van der Waals surface area contributed by atoms with E-state index in [1.165, 1.54) is 6.07 Å². The first-order valence-electron chi connectivity index (χ1n) is 9.81. The Morgan fingerprint density at radius 2 is 1.97 bits per heavy atom. The molecule has 0 N–H and O–H groups in total. The van der Waals surface area contributed by atoms with Crippen molar-refractivity contribution in [1.29, 1.82) is 0 Å². The highest BCUT2D eigenvalue weighted by molar-refractivity contribution is 7.20. The third kappa shape index (κ3) is 3.63. The third-order valence-corrected chi connectivity index (χ3v) is 6.33. The maximum atomic E-state index is 13.8. The minimum atomic E-state index is -0.686. The molecule has 2 aromatic heterocycles. The zero-order valence-electron chi connectivity index (χ0n) is 16.1. The molecule has 1 aliphatic rings. The molecule has 3 heterocycles. The Kier molecular flexibility index (Phi) is 4.86. The van der Waals surface area contributed by atoms with E-state index in [0.29, 0.717) is 42.4 Å². The average molecular weight is 427 g/mol. The minimum Gasteiger partial charge on any atom is -0.467 e. The largest absolute Gasteiger partial charge is 0.467 e. The summed E-state index contributed by atoms with van der Waals surface area (Å²) >= 11 is 1.13. The van der Waals surface area contributed by atoms with Gasteiger partial charge >= 0.3 is 0 Å². The van der Waals surface area contributed by atoms with Crippen LogP contribution in [0.2, 0.25) is 0 Å². The maximum Gasteiger partial charge on any atom is 0.274 e. The maximum absolute atomic E-state index is 13.8. The van der Waals surface area contributed by atoms with E-state index in [1.54, 1.807) is 0 Å². The second kappa shape index (κ2) is 7.68. The van der Waals surface area contributed by atoms with Gasteiger partial charge in [0.15, 0.2) is 5.82 Å². The van der Waals surface area contributed by atoms with E-state index in [1.807, 2.05) is 46.0 Å². The molecular weight excluding hydrogens is 408 g/mol. The van der Waals surface area contributed by atoms with Gasteiger partial charge in [0.05, 0.1) is 4.70 Å². The molecule has 0 atom stereocenters. The SMILES string of the molecule is O=C(Cn1ccc2ccccc21)N1CCC(Oc2nc3c(F)cc(F)cc3s2)CC1. The molecule has 4 aromatic rings. The number of fused-ring (bicyclic) bond motifs is 2. The number of rotatable bonds is 4. The summed E-state index contributed by atoms with van der Waals surface area (Å²) in [6.45, 7) is 1.49. The highest BCUT2D eigenvalue weighted by atomic mass is 32.1. The molecule has 2 aromatic carbocycles. The van der Waals surface area contributed by atoms with E-state index in [4.69, 9.17) is 4.74 Å². The summed E-state index contributed by atoms with van der Waals surface area (Å²) in [7, 11) is 0. The lowest BCUT2D eigenvalue weighted by atomic mass is 10.1. The lowest BCUT2D eigenvalue weighted by Crippen LogP contribution is -2.43. The van der Waals surface area contributed by atoms with Crippen LogP contribution in [-0.2, 0) is 11.3 Å². The summed E-state index contributed by atoms with van der Waals surface area (Å²) in [6, 6.07) is 12.1. The lowest BCUT2D eigenvalue weighted by Gasteiger charge is -2.31. The van der Waals surface area contributed by atoms with Gasteiger partial charge in [0.2, 0.25) is 5.91 Å². The number of carbonyl (C=O) groups is 1. The van der Waals surface area contributed by atoms with Crippen molar-refractivity contribution >= 4 is 38.4 Å². The van der Waals surface area contributed by atoms with Gasteiger partial charge in [-0.3, -0.25) is 4.79 Å². The van der Waals surface area contributed by atoms with Crippen molar-refractivity contribution in [1.82, 2.24) is 14.5 Å². The van der Waals surface area contributed by atoms with E-state index in [0.717, 1.165) is 28.3 Å². The normalized spacial score (nSPS) is 15.2. The smallest absolute Gasteiger partial charge is 0.274 e. The van der Waals surface area contributed by atoms with Crippen LogP contribution in [0.25, 0.3) is 21.1 Å². The summed E-state index contributed by atoms with van der Waals surface area (Å²) in [5, 5.41) is 1.45. The number of amides is 1. The number of ether oxygens (including phenoxy) is 1. The Morgan fingerprint density at radius 3 is 2.80 bits per heavy atom. The first kappa shape index (κ1) is 19.0. The van der Waals surface area contributed by atoms with Gasteiger partial charge in [0.1, 0.15) is 24.0 Å². The molecule has 0 bridgehead atoms. The second-order valence-corrected chi connectivity index (χ2v) is 8.41. The standard InChI is InChI=1S/C22H19F2N3O2S/c23-15-11-17(24)21-19(12-15)30-22(25-21)29-16-6-9-26(10-7-16)20(28)13-27-8-5-14-3-1-2-4-18(14)27/h1-5,8,11-12,16H,6-7,9-10,13H2. The first-order chi connectivity index (χ1) is 14.6. The van der Waals surface area contributed by atoms with E-state index < -0.39 is 11.6 Å². The number of hydrogen-bond donors (Lipinski definition) is 0. The van der Waals surface area contributed by atoms with Gasteiger partial charge in [-0.1, -0.05) is 29.5 Å². The van der Waals surface area contributed by atoms with Crippen molar-refractivity contribution in [2.24, 2.45) is 0 Å². The number of likely N-dealkylation sites (tertiary alicyclic amines) is 1. The molecule has 5 nitrogen and oxygen atoms in total. The first-order valence-corrected chi connectivity index (χ1v) is 10.6. The molecule has 0 radical (unpaired) electrons. The van der Waals surface area contributed by atoms with Gasteiger partial charge in [0.25, 0.3) is 5.19 Å². The highest BCUT2D eigenvalue weighted by Crippen LogP contribution is 2.32. The number of aromatic nitrogens is 2. The second-order valence-electron chi connectivity index (χ2n) is 7.41. The molecular formula is C22H19F2N3O2S. The molecule has 1 fully saturated rings. The zero-order valence-corrected chi connectivity index (χ0v) is 16.9. The number of para-hydroxylation sites is 1. The summed E-state index contributed by atoms with van der Waals surface area (Å²) in [4.78, 5) is 18.7. The molecule has 0 saturated carbocycles. The summed E-state index contributed by atoms with van der Waals surface area (Å²) in [5.41, 5.74) is 1.17. The third-order valence-electron chi connectivity index (χ3n) is 5.44. The van der Waals surface area contributed by atoms with Crippen LogP contribution in [0.15, 0.2) is 48.7 Å². The predicted octanol–water partition coefficient (Wildman–Crippen LogP) is 4.60. The van der Waals surface area contributed by atoms with Crippen LogP contribution >= 0.6 is 11.3 Å². The van der Waals surface area contributed by atoms with Crippen LogP contribution in [0.5, 0.6) is 5.19 Å². The van der Waals surface area contributed by atoms with E-state index in [2.05, 4.69) is 4.98 Å². The van der Waals surface area contributed by atoms with Crippen LogP contribution < -0.4 is 4.74 Å². The average Bonchev–Trinajstić information content (AvgIpc) is 3.33. The van der Waals surface area contributed by atoms with Crippen molar-refractivity contribution in [3.8, 4) is 5.19 Å². The number of hydrogen-bond acceptors (Lipinski definition) is 4. The lowest BCUT2D eigenvalue weighted by molar-refractivity contribution is -0.133. The van der Waals surface area contributed by atoms with Crippen LogP contribution in [0.4, 0.5) is 8.78 Å². The van der Waals surface area contributed by atoms with Gasteiger partial charge in [0, 0.05) is 43.7 Å². The molecule has 1 saturated heterocycles. The van der Waals surface area contributed by atoms with Gasteiger partial charge in [-0.05, 0) is 23.6 Å². The zero-order chi connectivity index (χ0) is 20.7.